The standard InChI is InChI=1S/C10H22N4/c1-9(2)3-4-13-5-7-14(8-6-13)10(11)12/h9H,3-8H2,1-2H3,(H3,11,12). The topological polar surface area (TPSA) is 56.4 Å². The van der Waals surface area contributed by atoms with Crippen LogP contribution in [-0.2, 0) is 0 Å². The van der Waals surface area contributed by atoms with E-state index in [1.54, 1.807) is 0 Å². The monoisotopic (exact) mass is 198 g/mol. The van der Waals surface area contributed by atoms with Gasteiger partial charge in [-0.1, -0.05) is 13.8 Å². The number of rotatable bonds is 3. The Morgan fingerprint density at radius 1 is 1.29 bits per heavy atom. The van der Waals surface area contributed by atoms with Gasteiger partial charge >= 0.3 is 0 Å². The Morgan fingerprint density at radius 3 is 2.29 bits per heavy atom. The van der Waals surface area contributed by atoms with Gasteiger partial charge in [0.15, 0.2) is 5.96 Å². The summed E-state index contributed by atoms with van der Waals surface area (Å²) in [6.07, 6.45) is 1.26. The summed E-state index contributed by atoms with van der Waals surface area (Å²) in [6.45, 7) is 9.61. The molecule has 0 amide bonds. The third-order valence-electron chi connectivity index (χ3n) is 2.74. The van der Waals surface area contributed by atoms with Crippen LogP contribution >= 0.6 is 0 Å². The lowest BCUT2D eigenvalue weighted by molar-refractivity contribution is 0.173. The summed E-state index contributed by atoms with van der Waals surface area (Å²) >= 11 is 0. The number of nitrogens with zero attached hydrogens (tertiary/aromatic N) is 2. The molecular weight excluding hydrogens is 176 g/mol. The second-order valence-corrected chi connectivity index (χ2v) is 4.40. The Morgan fingerprint density at radius 2 is 1.86 bits per heavy atom. The van der Waals surface area contributed by atoms with Gasteiger partial charge < -0.3 is 10.6 Å². The van der Waals surface area contributed by atoms with Gasteiger partial charge in [-0.15, -0.1) is 0 Å². The molecule has 0 saturated carbocycles. The molecule has 3 N–H and O–H groups in total. The largest absolute Gasteiger partial charge is 0.370 e. The van der Waals surface area contributed by atoms with Gasteiger partial charge in [0.1, 0.15) is 0 Å². The van der Waals surface area contributed by atoms with Crippen LogP contribution in [0.25, 0.3) is 0 Å². The first-order valence-electron chi connectivity index (χ1n) is 5.41. The normalized spacial score (nSPS) is 18.9. The molecule has 0 bridgehead atoms. The quantitative estimate of drug-likeness (QED) is 0.514. The summed E-state index contributed by atoms with van der Waals surface area (Å²) in [5, 5.41) is 7.31. The second kappa shape index (κ2) is 5.20. The molecule has 4 nitrogen and oxygen atoms in total. The maximum atomic E-state index is 7.31. The van der Waals surface area contributed by atoms with Gasteiger partial charge in [-0.25, -0.2) is 0 Å². The minimum absolute atomic E-state index is 0.216. The summed E-state index contributed by atoms with van der Waals surface area (Å²) in [7, 11) is 0. The predicted molar refractivity (Wildman–Crippen MR) is 59.4 cm³/mol. The Labute approximate surface area is 86.6 Å². The van der Waals surface area contributed by atoms with Crippen molar-refractivity contribution in [1.82, 2.24) is 9.80 Å². The van der Waals surface area contributed by atoms with Crippen LogP contribution in [0.15, 0.2) is 0 Å². The zero-order valence-electron chi connectivity index (χ0n) is 9.29. The van der Waals surface area contributed by atoms with E-state index >= 15 is 0 Å². The molecule has 0 aromatic carbocycles. The van der Waals surface area contributed by atoms with Crippen LogP contribution in [0.2, 0.25) is 0 Å². The van der Waals surface area contributed by atoms with E-state index in [1.165, 1.54) is 13.0 Å². The van der Waals surface area contributed by atoms with E-state index in [-0.39, 0.29) is 5.96 Å². The number of guanidine groups is 1. The lowest BCUT2D eigenvalue weighted by atomic mass is 10.1. The second-order valence-electron chi connectivity index (χ2n) is 4.40. The third-order valence-corrected chi connectivity index (χ3v) is 2.74. The van der Waals surface area contributed by atoms with Gasteiger partial charge in [-0.2, -0.15) is 0 Å². The third kappa shape index (κ3) is 3.54. The average Bonchev–Trinajstić information content (AvgIpc) is 2.15. The molecule has 14 heavy (non-hydrogen) atoms. The Hall–Kier alpha value is -0.770. The summed E-state index contributed by atoms with van der Waals surface area (Å²) < 4.78 is 0. The zero-order valence-corrected chi connectivity index (χ0v) is 9.29. The molecule has 0 spiro atoms. The molecule has 1 saturated heterocycles. The van der Waals surface area contributed by atoms with E-state index in [0.29, 0.717) is 0 Å². The Balaban J connectivity index is 2.19. The molecule has 0 aliphatic carbocycles. The molecule has 1 aliphatic rings. The molecule has 1 aliphatic heterocycles. The minimum Gasteiger partial charge on any atom is -0.370 e. The van der Waals surface area contributed by atoms with Crippen LogP contribution in [0.1, 0.15) is 20.3 Å². The molecule has 0 aromatic rings. The van der Waals surface area contributed by atoms with Crippen molar-refractivity contribution in [2.75, 3.05) is 32.7 Å². The van der Waals surface area contributed by atoms with Crippen molar-refractivity contribution in [3.8, 4) is 0 Å². The molecule has 82 valence electrons. The van der Waals surface area contributed by atoms with Crippen molar-refractivity contribution in [2.45, 2.75) is 20.3 Å². The highest BCUT2D eigenvalue weighted by atomic mass is 15.3. The number of hydrogen-bond acceptors (Lipinski definition) is 2. The maximum absolute atomic E-state index is 7.31. The molecule has 0 atom stereocenters. The van der Waals surface area contributed by atoms with Crippen molar-refractivity contribution >= 4 is 5.96 Å². The van der Waals surface area contributed by atoms with E-state index in [4.69, 9.17) is 11.1 Å². The van der Waals surface area contributed by atoms with Gasteiger partial charge in [0, 0.05) is 26.2 Å². The van der Waals surface area contributed by atoms with Crippen LogP contribution in [0.3, 0.4) is 0 Å². The minimum atomic E-state index is 0.216. The van der Waals surface area contributed by atoms with E-state index in [9.17, 15) is 0 Å². The summed E-state index contributed by atoms with van der Waals surface area (Å²) in [4.78, 5) is 4.39. The predicted octanol–water partition coefficient (Wildman–Crippen LogP) is 0.544. The smallest absolute Gasteiger partial charge is 0.188 e. The first-order chi connectivity index (χ1) is 6.59. The summed E-state index contributed by atoms with van der Waals surface area (Å²) in [5.74, 6) is 0.995. The van der Waals surface area contributed by atoms with Gasteiger partial charge in [0.25, 0.3) is 0 Å². The fourth-order valence-corrected chi connectivity index (χ4v) is 1.65. The number of nitrogens with one attached hydrogen (secondary N) is 1. The number of nitrogens with two attached hydrogens (primary N) is 1. The SMILES string of the molecule is CC(C)CCN1CCN(C(=N)N)CC1. The Kier molecular flexibility index (Phi) is 4.20. The van der Waals surface area contributed by atoms with Gasteiger partial charge in [-0.05, 0) is 18.9 Å². The first-order valence-corrected chi connectivity index (χ1v) is 5.41. The van der Waals surface area contributed by atoms with Gasteiger partial charge in [-0.3, -0.25) is 10.3 Å². The molecule has 0 aromatic heterocycles. The number of hydrogen-bond donors (Lipinski definition) is 2. The van der Waals surface area contributed by atoms with E-state index in [2.05, 4.69) is 18.7 Å². The lowest BCUT2D eigenvalue weighted by Gasteiger charge is -2.35. The van der Waals surface area contributed by atoms with Gasteiger partial charge in [0.05, 0.1) is 0 Å². The molecule has 1 fully saturated rings. The molecule has 0 unspecified atom stereocenters. The molecule has 1 rings (SSSR count). The zero-order chi connectivity index (χ0) is 10.6. The number of piperazine rings is 1. The van der Waals surface area contributed by atoms with Crippen molar-refractivity contribution in [3.05, 3.63) is 0 Å². The van der Waals surface area contributed by atoms with Crippen LogP contribution in [0, 0.1) is 11.3 Å². The van der Waals surface area contributed by atoms with E-state index in [0.717, 1.165) is 32.1 Å². The van der Waals surface area contributed by atoms with E-state index < -0.39 is 0 Å². The van der Waals surface area contributed by atoms with E-state index in [1.807, 2.05) is 4.90 Å². The molecular formula is C10H22N4. The lowest BCUT2D eigenvalue weighted by Crippen LogP contribution is -2.50. The van der Waals surface area contributed by atoms with Crippen LogP contribution in [-0.4, -0.2) is 48.5 Å². The fourth-order valence-electron chi connectivity index (χ4n) is 1.65. The van der Waals surface area contributed by atoms with Crippen LogP contribution in [0.5, 0.6) is 0 Å². The average molecular weight is 198 g/mol. The van der Waals surface area contributed by atoms with Crippen molar-refractivity contribution in [2.24, 2.45) is 11.7 Å². The van der Waals surface area contributed by atoms with Crippen LogP contribution < -0.4 is 5.73 Å². The van der Waals surface area contributed by atoms with Crippen molar-refractivity contribution < 1.29 is 0 Å². The highest BCUT2D eigenvalue weighted by Gasteiger charge is 2.16. The molecule has 4 heteroatoms. The van der Waals surface area contributed by atoms with Crippen molar-refractivity contribution in [1.29, 1.82) is 5.41 Å². The highest BCUT2D eigenvalue weighted by molar-refractivity contribution is 5.74. The molecule has 0 radical (unpaired) electrons. The van der Waals surface area contributed by atoms with Crippen LogP contribution in [0.4, 0.5) is 0 Å². The Bertz CT molecular complexity index is 183. The molecule has 1 heterocycles. The van der Waals surface area contributed by atoms with Crippen molar-refractivity contribution in [3.63, 3.8) is 0 Å². The summed E-state index contributed by atoms with van der Waals surface area (Å²) in [5.41, 5.74) is 5.43. The van der Waals surface area contributed by atoms with Gasteiger partial charge in [0.2, 0.25) is 0 Å². The fraction of sp³-hybridized carbons (Fsp3) is 0.900. The first kappa shape index (κ1) is 11.3. The highest BCUT2D eigenvalue weighted by Crippen LogP contribution is 2.05. The maximum Gasteiger partial charge on any atom is 0.188 e. The summed E-state index contributed by atoms with van der Waals surface area (Å²) in [6, 6.07) is 0.